The van der Waals surface area contributed by atoms with Gasteiger partial charge in [0.1, 0.15) is 0 Å². The molecule has 1 atom stereocenters. The third-order valence-electron chi connectivity index (χ3n) is 11.5. The van der Waals surface area contributed by atoms with Crippen molar-refractivity contribution in [2.24, 2.45) is 11.8 Å². The highest BCUT2D eigenvalue weighted by Crippen LogP contribution is 2.45. The van der Waals surface area contributed by atoms with Gasteiger partial charge in [-0.05, 0) is 98.8 Å². The molecule has 0 aliphatic heterocycles. The first-order valence-corrected chi connectivity index (χ1v) is 19.5. The Kier molecular flexibility index (Phi) is 14.1. The molecule has 15 heteroatoms. The fourth-order valence-corrected chi connectivity index (χ4v) is 8.58. The Morgan fingerprint density at radius 3 is 1.51 bits per heavy atom. The van der Waals surface area contributed by atoms with Crippen LogP contribution in [-0.4, -0.2) is 17.8 Å². The van der Waals surface area contributed by atoms with Crippen LogP contribution in [0, 0.1) is 35.1 Å². The Morgan fingerprint density at radius 1 is 0.607 bits per heavy atom. The molecule has 2 aliphatic carbocycles. The number of halogens is 10. The van der Waals surface area contributed by atoms with Crippen LogP contribution in [0.3, 0.4) is 0 Å². The topological polar surface area (TPSA) is 65.0 Å². The summed E-state index contributed by atoms with van der Waals surface area (Å²) < 4.78 is 152. The van der Waals surface area contributed by atoms with Crippen molar-refractivity contribution < 1.29 is 67.3 Å². The number of rotatable bonds is 8. The zero-order valence-corrected chi connectivity index (χ0v) is 32.0. The van der Waals surface area contributed by atoms with Crippen LogP contribution in [0.1, 0.15) is 110 Å². The number of aliphatic hydroxyl groups is 1. The average Bonchev–Trinajstić information content (AvgIpc) is 3.76. The lowest BCUT2D eigenvalue weighted by Gasteiger charge is -2.36. The van der Waals surface area contributed by atoms with Gasteiger partial charge in [0.05, 0.1) is 5.60 Å². The highest BCUT2D eigenvalue weighted by atomic mass is 19.4. The Bertz CT molecular complexity index is 2520. The predicted octanol–water partition coefficient (Wildman–Crippen LogP) is 16.0. The molecule has 0 radical (unpaired) electrons. The van der Waals surface area contributed by atoms with E-state index < -0.39 is 64.3 Å². The molecule has 2 aliphatic rings. The van der Waals surface area contributed by atoms with E-state index in [2.05, 4.69) is 23.3 Å². The Morgan fingerprint density at radius 2 is 1.05 bits per heavy atom. The number of allylic oxidation sites excluding steroid dienone is 2. The summed E-state index contributed by atoms with van der Waals surface area (Å²) in [6, 6.07) is 10.3. The lowest BCUT2D eigenvalue weighted by atomic mass is 9.74. The second-order valence-electron chi connectivity index (χ2n) is 15.3. The number of fused-ring (bicyclic) bond motifs is 6. The number of benzene rings is 4. The van der Waals surface area contributed by atoms with E-state index in [1.165, 1.54) is 24.3 Å². The summed E-state index contributed by atoms with van der Waals surface area (Å²) in [6.45, 7) is 4.24. The van der Waals surface area contributed by atoms with Crippen LogP contribution in [0.2, 0.25) is 0 Å². The van der Waals surface area contributed by atoms with Crippen LogP contribution in [0.25, 0.3) is 49.5 Å². The normalized spacial score (nSPS) is 19.6. The second-order valence-corrected chi connectivity index (χ2v) is 15.3. The molecule has 2 heterocycles. The van der Waals surface area contributed by atoms with Gasteiger partial charge in [-0.3, -0.25) is 0 Å². The monoisotopic (exact) mass is 870 g/mol. The summed E-state index contributed by atoms with van der Waals surface area (Å²) in [5.41, 5.74) is -1.48. The predicted molar refractivity (Wildman–Crippen MR) is 215 cm³/mol. The largest absolute Gasteiger partial charge is 0.573 e. The van der Waals surface area contributed by atoms with Crippen LogP contribution in [0.4, 0.5) is 43.9 Å². The van der Waals surface area contributed by atoms with Gasteiger partial charge in [-0.1, -0.05) is 72.6 Å². The number of furan rings is 2. The van der Waals surface area contributed by atoms with Crippen LogP contribution >= 0.6 is 0 Å². The molecule has 1 saturated carbocycles. The van der Waals surface area contributed by atoms with Gasteiger partial charge in [0.2, 0.25) is 11.6 Å². The standard InChI is InChI=1S/C22H21F5O3.C22H19F5O2.2CH4/c1-2-3-12-8-10-21(28,11-9-12)15-6-4-13-14-5-7-16(30-22(25,26)27)18(24)20(14)29-19(13)17(15)23;1-2-3-12-4-6-13(7-5-12)14-8-9-15-16-10-11-17(29-22(25,26)27)19(24)21(16)28-20(15)18(14)23;;/h4-7,12,28H,2-3,8-11H2,1H3;6,8-12H,2-5,7H2,1H3;2*1H4. The van der Waals surface area contributed by atoms with Gasteiger partial charge in [-0.25, -0.2) is 8.78 Å². The third kappa shape index (κ3) is 9.61. The van der Waals surface area contributed by atoms with Gasteiger partial charge in [0.15, 0.2) is 45.5 Å². The molecule has 1 N–H and O–H groups in total. The molecule has 5 nitrogen and oxygen atoms in total. The second kappa shape index (κ2) is 18.2. The van der Waals surface area contributed by atoms with E-state index >= 15 is 8.78 Å². The van der Waals surface area contributed by atoms with Gasteiger partial charge in [0.25, 0.3) is 0 Å². The Hall–Kier alpha value is -4.92. The first-order valence-electron chi connectivity index (χ1n) is 19.5. The molecule has 2 aromatic heterocycles. The van der Waals surface area contributed by atoms with E-state index in [0.29, 0.717) is 35.6 Å². The van der Waals surface area contributed by atoms with E-state index in [9.17, 15) is 40.2 Å². The summed E-state index contributed by atoms with van der Waals surface area (Å²) in [7, 11) is 0. The van der Waals surface area contributed by atoms with E-state index in [0.717, 1.165) is 75.5 Å². The number of ether oxygens (including phenoxy) is 2. The summed E-state index contributed by atoms with van der Waals surface area (Å²) in [6.07, 6.45) is 1.22. The third-order valence-corrected chi connectivity index (χ3v) is 11.5. The van der Waals surface area contributed by atoms with Gasteiger partial charge in [0, 0.05) is 32.7 Å². The van der Waals surface area contributed by atoms with Crippen molar-refractivity contribution in [3.05, 3.63) is 89.0 Å². The molecule has 0 spiro atoms. The molecular formula is C46H48F10O5. The van der Waals surface area contributed by atoms with Crippen molar-refractivity contribution in [3.63, 3.8) is 0 Å². The van der Waals surface area contributed by atoms with Crippen LogP contribution in [0.5, 0.6) is 11.5 Å². The summed E-state index contributed by atoms with van der Waals surface area (Å²) in [4.78, 5) is 0. The fourth-order valence-electron chi connectivity index (χ4n) is 8.58. The maximum Gasteiger partial charge on any atom is 0.573 e. The van der Waals surface area contributed by atoms with E-state index in [1.54, 1.807) is 12.1 Å². The molecule has 1 unspecified atom stereocenters. The molecule has 1 fully saturated rings. The minimum Gasteiger partial charge on any atom is -0.450 e. The van der Waals surface area contributed by atoms with Crippen molar-refractivity contribution in [1.82, 2.24) is 0 Å². The zero-order chi connectivity index (χ0) is 42.4. The van der Waals surface area contributed by atoms with Gasteiger partial charge in [-0.2, -0.15) is 8.78 Å². The summed E-state index contributed by atoms with van der Waals surface area (Å²) in [5.74, 6) is -5.09. The molecule has 0 amide bonds. The maximum absolute atomic E-state index is 15.3. The van der Waals surface area contributed by atoms with Gasteiger partial charge >= 0.3 is 12.7 Å². The fraction of sp³-hybridized carbons (Fsp3) is 0.435. The summed E-state index contributed by atoms with van der Waals surface area (Å²) in [5, 5.41) is 11.9. The molecular weight excluding hydrogens is 822 g/mol. The first kappa shape index (κ1) is 47.1. The molecule has 0 saturated heterocycles. The first-order chi connectivity index (χ1) is 27.9. The van der Waals surface area contributed by atoms with Gasteiger partial charge < -0.3 is 23.4 Å². The van der Waals surface area contributed by atoms with Crippen LogP contribution in [0.15, 0.2) is 63.4 Å². The quantitative estimate of drug-likeness (QED) is 0.154. The smallest absolute Gasteiger partial charge is 0.450 e. The maximum atomic E-state index is 15.3. The molecule has 4 aromatic carbocycles. The van der Waals surface area contributed by atoms with E-state index in [1.807, 2.05) is 6.08 Å². The lowest BCUT2D eigenvalue weighted by Crippen LogP contribution is -2.32. The Labute approximate surface area is 346 Å². The molecule has 0 bridgehead atoms. The summed E-state index contributed by atoms with van der Waals surface area (Å²) >= 11 is 0. The number of hydrogen-bond donors (Lipinski definition) is 1. The molecule has 8 rings (SSSR count). The zero-order valence-electron chi connectivity index (χ0n) is 32.0. The van der Waals surface area contributed by atoms with Crippen LogP contribution in [-0.2, 0) is 5.60 Å². The highest BCUT2D eigenvalue weighted by Gasteiger charge is 2.39. The number of hydrogen-bond acceptors (Lipinski definition) is 5. The van der Waals surface area contributed by atoms with Crippen molar-refractivity contribution in [1.29, 1.82) is 0 Å². The van der Waals surface area contributed by atoms with Gasteiger partial charge in [-0.15, -0.1) is 26.3 Å². The molecule has 6 aromatic rings. The van der Waals surface area contributed by atoms with Crippen molar-refractivity contribution in [2.75, 3.05) is 0 Å². The van der Waals surface area contributed by atoms with Crippen LogP contribution < -0.4 is 9.47 Å². The lowest BCUT2D eigenvalue weighted by molar-refractivity contribution is -0.276. The van der Waals surface area contributed by atoms with Crippen molar-refractivity contribution >= 4 is 49.5 Å². The Balaban J connectivity index is 0.000000224. The number of alkyl halides is 6. The minimum absolute atomic E-state index is 0. The van der Waals surface area contributed by atoms with E-state index in [4.69, 9.17) is 8.83 Å². The average molecular weight is 871 g/mol. The SMILES string of the molecule is C.C.CCCC1CC=C(c2ccc3c(oc4c(F)c(OC(F)(F)F)ccc43)c2F)CC1.CCCC1CCC(O)(c2ccc3c(oc4c(F)c(OC(F)(F)F)ccc43)c2F)CC1. The molecule has 332 valence electrons. The minimum atomic E-state index is -5.07. The molecule has 61 heavy (non-hydrogen) atoms. The van der Waals surface area contributed by atoms with E-state index in [-0.39, 0.29) is 47.7 Å². The highest BCUT2D eigenvalue weighted by molar-refractivity contribution is 6.07. The van der Waals surface area contributed by atoms with Crippen molar-refractivity contribution in [3.8, 4) is 11.5 Å². The van der Waals surface area contributed by atoms with Crippen molar-refractivity contribution in [2.45, 2.75) is 118 Å².